The number of halogens is 2. The normalized spacial score (nSPS) is 11.8. The molecule has 86 valence electrons. The van der Waals surface area contributed by atoms with E-state index in [9.17, 15) is 4.39 Å². The minimum atomic E-state index is -0.354. The molecule has 1 rings (SSSR count). The molecule has 1 N–H and O–H groups in total. The molecule has 0 heterocycles. The lowest BCUT2D eigenvalue weighted by Gasteiger charge is -2.16. The summed E-state index contributed by atoms with van der Waals surface area (Å²) in [6, 6.07) is 4.95. The molecule has 1 atom stereocenters. The molecule has 0 aliphatic heterocycles. The minimum Gasteiger partial charge on any atom is -0.309 e. The summed E-state index contributed by atoms with van der Waals surface area (Å²) in [6.45, 7) is 4.52. The van der Waals surface area contributed by atoms with Gasteiger partial charge in [0.1, 0.15) is 5.82 Å². The Morgan fingerprint density at radius 1 is 1.50 bits per heavy atom. The van der Waals surface area contributed by atoms with Gasteiger partial charge in [-0.15, -0.1) is 11.8 Å². The Kier molecular flexibility index (Phi) is 5.31. The van der Waals surface area contributed by atoms with Crippen molar-refractivity contribution in [2.75, 3.05) is 6.54 Å². The van der Waals surface area contributed by atoms with Crippen molar-refractivity contribution in [3.63, 3.8) is 0 Å². The van der Waals surface area contributed by atoms with Gasteiger partial charge in [-0.25, -0.2) is 4.39 Å². The molecular weight excluding hydrogens is 225 g/mol. The van der Waals surface area contributed by atoms with Gasteiger partial charge in [-0.1, -0.05) is 30.7 Å². The first-order valence-electron chi connectivity index (χ1n) is 5.27. The highest BCUT2D eigenvalue weighted by molar-refractivity contribution is 6.30. The Bertz CT molecular complexity index is 406. The van der Waals surface area contributed by atoms with Gasteiger partial charge >= 0.3 is 0 Å². The fourth-order valence-electron chi connectivity index (χ4n) is 1.53. The number of nitrogens with one attached hydrogen (secondary N) is 1. The van der Waals surface area contributed by atoms with E-state index in [0.29, 0.717) is 12.0 Å². The molecule has 0 fully saturated rings. The average molecular weight is 240 g/mol. The van der Waals surface area contributed by atoms with E-state index in [4.69, 9.17) is 11.6 Å². The van der Waals surface area contributed by atoms with Gasteiger partial charge in [0.2, 0.25) is 0 Å². The molecule has 0 aliphatic rings. The summed E-state index contributed by atoms with van der Waals surface area (Å²) in [5.41, 5.74) is 0.581. The van der Waals surface area contributed by atoms with Crippen molar-refractivity contribution in [1.82, 2.24) is 5.32 Å². The molecule has 16 heavy (non-hydrogen) atoms. The summed E-state index contributed by atoms with van der Waals surface area (Å²) in [5.74, 6) is 5.42. The predicted molar refractivity (Wildman–Crippen MR) is 65.9 cm³/mol. The highest BCUT2D eigenvalue weighted by Crippen LogP contribution is 2.25. The number of hydrogen-bond acceptors (Lipinski definition) is 1. The Morgan fingerprint density at radius 3 is 2.88 bits per heavy atom. The van der Waals surface area contributed by atoms with Crippen molar-refractivity contribution in [1.29, 1.82) is 0 Å². The van der Waals surface area contributed by atoms with Crippen molar-refractivity contribution in [3.05, 3.63) is 34.6 Å². The standard InChI is InChI=1S/C13H15ClFN/c1-3-5-9-12(16-4-2)10-7-6-8-11(14)13(10)15/h6-8,12,16H,4,9H2,1-2H3. The van der Waals surface area contributed by atoms with Gasteiger partial charge in [0.05, 0.1) is 5.02 Å². The highest BCUT2D eigenvalue weighted by atomic mass is 35.5. The van der Waals surface area contributed by atoms with Gasteiger partial charge in [0, 0.05) is 18.0 Å². The van der Waals surface area contributed by atoms with Gasteiger partial charge in [-0.3, -0.25) is 0 Å². The molecule has 0 radical (unpaired) electrons. The van der Waals surface area contributed by atoms with Crippen molar-refractivity contribution in [3.8, 4) is 11.8 Å². The smallest absolute Gasteiger partial charge is 0.146 e. The monoisotopic (exact) mass is 239 g/mol. The van der Waals surface area contributed by atoms with Crippen LogP contribution in [0.25, 0.3) is 0 Å². The van der Waals surface area contributed by atoms with E-state index in [0.717, 1.165) is 6.54 Å². The maximum absolute atomic E-state index is 13.8. The van der Waals surface area contributed by atoms with Gasteiger partial charge in [0.25, 0.3) is 0 Å². The van der Waals surface area contributed by atoms with Crippen LogP contribution in [0.2, 0.25) is 5.02 Å². The van der Waals surface area contributed by atoms with Crippen LogP contribution in [0.15, 0.2) is 18.2 Å². The van der Waals surface area contributed by atoms with Crippen LogP contribution in [0.5, 0.6) is 0 Å². The molecule has 0 saturated carbocycles. The molecular formula is C13H15ClFN. The molecule has 0 bridgehead atoms. The summed E-state index contributed by atoms with van der Waals surface area (Å²) < 4.78 is 13.8. The molecule has 0 spiro atoms. The predicted octanol–water partition coefficient (Wildman–Crippen LogP) is 3.54. The molecule has 0 aromatic heterocycles. The third-order valence-corrected chi connectivity index (χ3v) is 2.58. The molecule has 0 aliphatic carbocycles. The van der Waals surface area contributed by atoms with Gasteiger partial charge in [-0.2, -0.15) is 0 Å². The average Bonchev–Trinajstić information content (AvgIpc) is 2.28. The Balaban J connectivity index is 2.98. The summed E-state index contributed by atoms with van der Waals surface area (Å²) in [7, 11) is 0. The first-order chi connectivity index (χ1) is 7.70. The summed E-state index contributed by atoms with van der Waals surface area (Å²) >= 11 is 5.75. The lowest BCUT2D eigenvalue weighted by molar-refractivity contribution is 0.520. The molecule has 0 amide bonds. The topological polar surface area (TPSA) is 12.0 Å². The molecule has 1 aromatic rings. The first-order valence-corrected chi connectivity index (χ1v) is 5.65. The number of rotatable bonds is 4. The maximum Gasteiger partial charge on any atom is 0.146 e. The van der Waals surface area contributed by atoms with Crippen molar-refractivity contribution >= 4 is 11.6 Å². The van der Waals surface area contributed by atoms with Crippen LogP contribution in [-0.4, -0.2) is 6.54 Å². The quantitative estimate of drug-likeness (QED) is 0.793. The zero-order valence-electron chi connectivity index (χ0n) is 9.48. The number of hydrogen-bond donors (Lipinski definition) is 1. The SMILES string of the molecule is CC#CCC(NCC)c1cccc(Cl)c1F. The number of benzene rings is 1. The van der Waals surface area contributed by atoms with Crippen LogP contribution in [0, 0.1) is 17.7 Å². The lowest BCUT2D eigenvalue weighted by atomic mass is 10.0. The van der Waals surface area contributed by atoms with E-state index in [1.165, 1.54) is 0 Å². The Labute approximate surface area is 101 Å². The van der Waals surface area contributed by atoms with Crippen LogP contribution in [0.3, 0.4) is 0 Å². The second kappa shape index (κ2) is 6.52. The molecule has 1 aromatic carbocycles. The molecule has 0 saturated heterocycles. The van der Waals surface area contributed by atoms with Crippen LogP contribution in [-0.2, 0) is 0 Å². The first kappa shape index (κ1) is 13.0. The van der Waals surface area contributed by atoms with Crippen molar-refractivity contribution < 1.29 is 4.39 Å². The van der Waals surface area contributed by atoms with Gasteiger partial charge in [0.15, 0.2) is 0 Å². The van der Waals surface area contributed by atoms with Crippen LogP contribution in [0.4, 0.5) is 4.39 Å². The fraction of sp³-hybridized carbons (Fsp3) is 0.385. The summed E-state index contributed by atoms with van der Waals surface area (Å²) in [4.78, 5) is 0. The van der Waals surface area contributed by atoms with Crippen LogP contribution < -0.4 is 5.32 Å². The van der Waals surface area contributed by atoms with E-state index < -0.39 is 0 Å². The van der Waals surface area contributed by atoms with Gasteiger partial charge in [-0.05, 0) is 19.5 Å². The Hall–Kier alpha value is -1.04. The summed E-state index contributed by atoms with van der Waals surface area (Å²) in [5, 5.41) is 3.36. The van der Waals surface area contributed by atoms with Crippen molar-refractivity contribution in [2.45, 2.75) is 26.3 Å². The van der Waals surface area contributed by atoms with E-state index in [2.05, 4.69) is 17.2 Å². The molecule has 3 heteroatoms. The third kappa shape index (κ3) is 3.23. The van der Waals surface area contributed by atoms with E-state index >= 15 is 0 Å². The van der Waals surface area contributed by atoms with Crippen LogP contribution >= 0.6 is 11.6 Å². The minimum absolute atomic E-state index is 0.101. The summed E-state index contributed by atoms with van der Waals surface area (Å²) in [6.07, 6.45) is 0.585. The second-order valence-corrected chi connectivity index (χ2v) is 3.79. The molecule has 1 nitrogen and oxygen atoms in total. The largest absolute Gasteiger partial charge is 0.309 e. The fourth-order valence-corrected chi connectivity index (χ4v) is 1.71. The molecule has 1 unspecified atom stereocenters. The zero-order chi connectivity index (χ0) is 12.0. The second-order valence-electron chi connectivity index (χ2n) is 3.38. The van der Waals surface area contributed by atoms with E-state index in [-0.39, 0.29) is 16.9 Å². The van der Waals surface area contributed by atoms with E-state index in [1.54, 1.807) is 25.1 Å². The van der Waals surface area contributed by atoms with Gasteiger partial charge < -0.3 is 5.32 Å². The third-order valence-electron chi connectivity index (χ3n) is 2.29. The highest BCUT2D eigenvalue weighted by Gasteiger charge is 2.15. The van der Waals surface area contributed by atoms with Crippen LogP contribution in [0.1, 0.15) is 31.9 Å². The maximum atomic E-state index is 13.8. The zero-order valence-corrected chi connectivity index (χ0v) is 10.2. The van der Waals surface area contributed by atoms with E-state index in [1.807, 2.05) is 6.92 Å². The van der Waals surface area contributed by atoms with Crippen molar-refractivity contribution in [2.24, 2.45) is 0 Å². The Morgan fingerprint density at radius 2 is 2.25 bits per heavy atom. The lowest BCUT2D eigenvalue weighted by Crippen LogP contribution is -2.21.